The molecule has 1 saturated carbocycles. The van der Waals surface area contributed by atoms with Crippen LogP contribution < -0.4 is 5.56 Å². The van der Waals surface area contributed by atoms with Gasteiger partial charge >= 0.3 is 0 Å². The largest absolute Gasteiger partial charge is 0.304 e. The number of halogens is 2. The molecule has 18 heavy (non-hydrogen) atoms. The lowest BCUT2D eigenvalue weighted by atomic mass is 10.2. The van der Waals surface area contributed by atoms with Crippen molar-refractivity contribution in [1.29, 1.82) is 0 Å². The first-order valence-electron chi connectivity index (χ1n) is 5.57. The highest BCUT2D eigenvalue weighted by molar-refractivity contribution is 9.10. The normalized spacial score (nSPS) is 14.8. The molecule has 2 aromatic rings. The molecule has 0 radical (unpaired) electrons. The molecule has 0 atom stereocenters. The van der Waals surface area contributed by atoms with Gasteiger partial charge in [-0.3, -0.25) is 9.78 Å². The zero-order valence-electron chi connectivity index (χ0n) is 9.28. The Morgan fingerprint density at radius 3 is 2.89 bits per heavy atom. The fourth-order valence-electron chi connectivity index (χ4n) is 1.78. The predicted octanol–water partition coefficient (Wildman–Crippen LogP) is 3.13. The van der Waals surface area contributed by atoms with Crippen molar-refractivity contribution in [3.8, 4) is 11.5 Å². The quantitative estimate of drug-likeness (QED) is 0.922. The van der Waals surface area contributed by atoms with Crippen LogP contribution in [-0.4, -0.2) is 15.0 Å². The summed E-state index contributed by atoms with van der Waals surface area (Å²) in [7, 11) is 0. The summed E-state index contributed by atoms with van der Waals surface area (Å²) in [6, 6.07) is 3.47. The van der Waals surface area contributed by atoms with Gasteiger partial charge in [-0.15, -0.1) is 0 Å². The van der Waals surface area contributed by atoms with Crippen LogP contribution in [0.4, 0.5) is 0 Å². The van der Waals surface area contributed by atoms with E-state index in [1.165, 1.54) is 0 Å². The van der Waals surface area contributed by atoms with E-state index in [0.29, 0.717) is 26.9 Å². The maximum atomic E-state index is 11.9. The minimum absolute atomic E-state index is 0.191. The van der Waals surface area contributed by atoms with E-state index in [9.17, 15) is 4.79 Å². The van der Waals surface area contributed by atoms with Crippen molar-refractivity contribution in [3.63, 3.8) is 0 Å². The van der Waals surface area contributed by atoms with Crippen LogP contribution in [-0.2, 0) is 0 Å². The van der Waals surface area contributed by atoms with Gasteiger partial charge < -0.3 is 4.98 Å². The van der Waals surface area contributed by atoms with Crippen LogP contribution in [0, 0.1) is 0 Å². The van der Waals surface area contributed by atoms with Crippen molar-refractivity contribution in [2.75, 3.05) is 0 Å². The predicted molar refractivity (Wildman–Crippen MR) is 72.8 cm³/mol. The highest BCUT2D eigenvalue weighted by Gasteiger charge is 2.29. The summed E-state index contributed by atoms with van der Waals surface area (Å²) in [5.41, 5.74) is 1.12. The molecule has 0 aromatic carbocycles. The molecule has 0 amide bonds. The third kappa shape index (κ3) is 2.08. The molecule has 0 bridgehead atoms. The topological polar surface area (TPSA) is 58.6 Å². The van der Waals surface area contributed by atoms with Crippen molar-refractivity contribution in [3.05, 3.63) is 43.9 Å². The highest BCUT2D eigenvalue weighted by atomic mass is 79.9. The monoisotopic (exact) mass is 325 g/mol. The van der Waals surface area contributed by atoms with Crippen molar-refractivity contribution in [2.45, 2.75) is 18.8 Å². The number of nitrogens with zero attached hydrogens (tertiary/aromatic N) is 2. The van der Waals surface area contributed by atoms with Gasteiger partial charge in [0.25, 0.3) is 5.56 Å². The molecule has 1 aliphatic carbocycles. The van der Waals surface area contributed by atoms with Gasteiger partial charge in [0.05, 0.1) is 10.7 Å². The van der Waals surface area contributed by atoms with Gasteiger partial charge in [-0.1, -0.05) is 11.6 Å². The smallest absolute Gasteiger partial charge is 0.265 e. The van der Waals surface area contributed by atoms with E-state index >= 15 is 0 Å². The van der Waals surface area contributed by atoms with Crippen molar-refractivity contribution in [1.82, 2.24) is 15.0 Å². The molecular weight excluding hydrogens is 318 g/mol. The standard InChI is InChI=1S/C12H9BrClN3O/c13-8-9(6-3-4-6)16-11(17-12(8)18)10-7(14)2-1-5-15-10/h1-2,5-6H,3-4H2,(H,16,17,18). The van der Waals surface area contributed by atoms with Crippen LogP contribution in [0.1, 0.15) is 24.5 Å². The summed E-state index contributed by atoms with van der Waals surface area (Å²) in [5.74, 6) is 0.804. The lowest BCUT2D eigenvalue weighted by Crippen LogP contribution is -2.13. The Bertz CT molecular complexity index is 667. The second-order valence-corrected chi connectivity index (χ2v) is 5.42. The first-order chi connectivity index (χ1) is 8.66. The maximum absolute atomic E-state index is 11.9. The van der Waals surface area contributed by atoms with Gasteiger partial charge in [0.15, 0.2) is 5.82 Å². The lowest BCUT2D eigenvalue weighted by molar-refractivity contribution is 0.954. The molecule has 6 heteroatoms. The Balaban J connectivity index is 2.19. The summed E-state index contributed by atoms with van der Waals surface area (Å²) < 4.78 is 0.515. The van der Waals surface area contributed by atoms with Crippen LogP contribution >= 0.6 is 27.5 Å². The molecule has 1 aliphatic rings. The van der Waals surface area contributed by atoms with E-state index < -0.39 is 0 Å². The van der Waals surface area contributed by atoms with Crippen LogP contribution in [0.15, 0.2) is 27.6 Å². The van der Waals surface area contributed by atoms with Gasteiger partial charge in [-0.2, -0.15) is 0 Å². The van der Waals surface area contributed by atoms with Crippen molar-refractivity contribution < 1.29 is 0 Å². The Kier molecular flexibility index (Phi) is 2.95. The van der Waals surface area contributed by atoms with Crippen molar-refractivity contribution in [2.24, 2.45) is 0 Å². The van der Waals surface area contributed by atoms with E-state index in [1.807, 2.05) is 0 Å². The summed E-state index contributed by atoms with van der Waals surface area (Å²) in [5, 5.41) is 0.477. The number of pyridine rings is 1. The van der Waals surface area contributed by atoms with Gasteiger partial charge in [0.1, 0.15) is 10.2 Å². The number of rotatable bonds is 2. The van der Waals surface area contributed by atoms with E-state index in [0.717, 1.165) is 18.5 Å². The summed E-state index contributed by atoms with van der Waals surface area (Å²) in [4.78, 5) is 23.2. The van der Waals surface area contributed by atoms with E-state index in [2.05, 4.69) is 30.9 Å². The Morgan fingerprint density at radius 2 is 2.22 bits per heavy atom. The number of aromatic amines is 1. The van der Waals surface area contributed by atoms with Gasteiger partial charge in [-0.25, -0.2) is 4.98 Å². The molecule has 0 spiro atoms. The first-order valence-corrected chi connectivity index (χ1v) is 6.74. The zero-order valence-corrected chi connectivity index (χ0v) is 11.6. The Morgan fingerprint density at radius 1 is 1.44 bits per heavy atom. The summed E-state index contributed by atoms with van der Waals surface area (Å²) in [6.45, 7) is 0. The third-order valence-electron chi connectivity index (χ3n) is 2.84. The molecule has 1 N–H and O–H groups in total. The maximum Gasteiger partial charge on any atom is 0.265 e. The van der Waals surface area contributed by atoms with E-state index in [-0.39, 0.29) is 5.56 Å². The minimum Gasteiger partial charge on any atom is -0.304 e. The van der Waals surface area contributed by atoms with Crippen LogP contribution in [0.5, 0.6) is 0 Å². The molecule has 2 aromatic heterocycles. The molecule has 3 rings (SSSR count). The second kappa shape index (κ2) is 4.48. The van der Waals surface area contributed by atoms with Crippen LogP contribution in [0.2, 0.25) is 5.02 Å². The molecule has 4 nitrogen and oxygen atoms in total. The van der Waals surface area contributed by atoms with Gasteiger partial charge in [0, 0.05) is 12.1 Å². The van der Waals surface area contributed by atoms with Gasteiger partial charge in [0.2, 0.25) is 0 Å². The summed E-state index contributed by atoms with van der Waals surface area (Å²) in [6.07, 6.45) is 3.77. The second-order valence-electron chi connectivity index (χ2n) is 4.22. The third-order valence-corrected chi connectivity index (χ3v) is 3.91. The van der Waals surface area contributed by atoms with E-state index in [4.69, 9.17) is 11.6 Å². The first kappa shape index (κ1) is 11.9. The highest BCUT2D eigenvalue weighted by Crippen LogP contribution is 2.41. The van der Waals surface area contributed by atoms with Crippen LogP contribution in [0.3, 0.4) is 0 Å². The van der Waals surface area contributed by atoms with E-state index in [1.54, 1.807) is 18.3 Å². The molecule has 0 saturated heterocycles. The SMILES string of the molecule is O=c1[nH]c(-c2ncccc2Cl)nc(C2CC2)c1Br. The zero-order chi connectivity index (χ0) is 12.7. The Hall–Kier alpha value is -1.20. The lowest BCUT2D eigenvalue weighted by Gasteiger charge is -2.06. The van der Waals surface area contributed by atoms with Crippen molar-refractivity contribution >= 4 is 27.5 Å². The fourth-order valence-corrected chi connectivity index (χ4v) is 2.50. The Labute approximate surface area is 117 Å². The number of hydrogen-bond acceptors (Lipinski definition) is 3. The number of nitrogens with one attached hydrogen (secondary N) is 1. The molecule has 92 valence electrons. The molecule has 1 fully saturated rings. The van der Waals surface area contributed by atoms with Crippen LogP contribution in [0.25, 0.3) is 11.5 Å². The van der Waals surface area contributed by atoms with Gasteiger partial charge in [-0.05, 0) is 40.9 Å². The fraction of sp³-hybridized carbons (Fsp3) is 0.250. The number of hydrogen-bond donors (Lipinski definition) is 1. The molecule has 0 unspecified atom stereocenters. The summed E-state index contributed by atoms with van der Waals surface area (Å²) >= 11 is 9.35. The average Bonchev–Trinajstić information content (AvgIpc) is 3.17. The molecule has 0 aliphatic heterocycles. The average molecular weight is 327 g/mol. The minimum atomic E-state index is -0.191. The number of H-pyrrole nitrogens is 1. The number of aromatic nitrogens is 3. The molecular formula is C12H9BrClN3O. The molecule has 2 heterocycles.